The molecule has 4 aromatic carbocycles. The van der Waals surface area contributed by atoms with E-state index < -0.39 is 0 Å². The predicted octanol–water partition coefficient (Wildman–Crippen LogP) is 11.8. The van der Waals surface area contributed by atoms with Gasteiger partial charge in [0.1, 0.15) is 11.4 Å². The second-order valence-electron chi connectivity index (χ2n) is 15.5. The molecule has 0 bridgehead atoms. The summed E-state index contributed by atoms with van der Waals surface area (Å²) in [5, 5.41) is 6.55. The standard InChI is InChI=1S/C29H28N3O.C18H17N2.Ir/c1-28(2,3)25-17-23(31-27(32-25)29(4,5)6)18-13-14-19-20-10-9-11-21(22-12-7-8-15-30-22)26(20)33-24(19)16-18;1-2-6-15-9-11-18(12-10-15)20-14-17(13-19-20)16-7-4-3-5-8-16;/h7-10,12-17H,1-6H3;3-5,7-11,13-14H,2,6H2,1H3;/q2*-1;. The van der Waals surface area contributed by atoms with Crippen LogP contribution in [0.2, 0.25) is 0 Å². The number of aryl methyl sites for hydroxylation is 1. The van der Waals surface area contributed by atoms with Crippen molar-refractivity contribution in [1.29, 1.82) is 0 Å². The Hall–Kier alpha value is -5.23. The van der Waals surface area contributed by atoms with Gasteiger partial charge in [-0.1, -0.05) is 127 Å². The number of pyridine rings is 1. The van der Waals surface area contributed by atoms with Crippen molar-refractivity contribution in [3.05, 3.63) is 151 Å². The zero-order chi connectivity index (χ0) is 37.2. The van der Waals surface area contributed by atoms with Crippen LogP contribution in [0.3, 0.4) is 0 Å². The van der Waals surface area contributed by atoms with Gasteiger partial charge in [-0.25, -0.2) is 9.97 Å². The summed E-state index contributed by atoms with van der Waals surface area (Å²) in [6, 6.07) is 41.5. The molecule has 0 amide bonds. The molecule has 0 spiro atoms. The van der Waals surface area contributed by atoms with Crippen LogP contribution >= 0.6 is 0 Å². The van der Waals surface area contributed by atoms with E-state index in [1.807, 2.05) is 65.6 Å². The average Bonchev–Trinajstić information content (AvgIpc) is 3.81. The van der Waals surface area contributed by atoms with Crippen LogP contribution in [0, 0.1) is 12.1 Å². The largest absolute Gasteiger partial charge is 0.501 e. The Labute approximate surface area is 332 Å². The van der Waals surface area contributed by atoms with Gasteiger partial charge < -0.3 is 9.40 Å². The van der Waals surface area contributed by atoms with Crippen molar-refractivity contribution in [2.24, 2.45) is 0 Å². The fourth-order valence-corrected chi connectivity index (χ4v) is 6.19. The molecule has 6 nitrogen and oxygen atoms in total. The van der Waals surface area contributed by atoms with E-state index >= 15 is 0 Å². The van der Waals surface area contributed by atoms with Gasteiger partial charge in [-0.2, -0.15) is 28.9 Å². The number of fused-ring (bicyclic) bond motifs is 3. The molecule has 7 heteroatoms. The van der Waals surface area contributed by atoms with Crippen LogP contribution in [0.25, 0.3) is 61.3 Å². The van der Waals surface area contributed by atoms with Gasteiger partial charge in [0.15, 0.2) is 0 Å². The summed E-state index contributed by atoms with van der Waals surface area (Å²) in [6.45, 7) is 15.2. The predicted molar refractivity (Wildman–Crippen MR) is 216 cm³/mol. The molecule has 275 valence electrons. The topological polar surface area (TPSA) is 69.6 Å². The Balaban J connectivity index is 0.000000203. The van der Waals surface area contributed by atoms with Crippen molar-refractivity contribution < 1.29 is 24.5 Å². The molecule has 4 aromatic heterocycles. The van der Waals surface area contributed by atoms with Gasteiger partial charge in [-0.15, -0.1) is 24.3 Å². The molecule has 0 N–H and O–H groups in total. The van der Waals surface area contributed by atoms with Gasteiger partial charge in [0.2, 0.25) is 0 Å². The van der Waals surface area contributed by atoms with Crippen molar-refractivity contribution >= 4 is 21.9 Å². The van der Waals surface area contributed by atoms with Gasteiger partial charge in [0.25, 0.3) is 0 Å². The normalized spacial score (nSPS) is 11.6. The van der Waals surface area contributed by atoms with Gasteiger partial charge in [0, 0.05) is 59.8 Å². The summed E-state index contributed by atoms with van der Waals surface area (Å²) in [5.41, 5.74) is 10.7. The van der Waals surface area contributed by atoms with Crippen LogP contribution < -0.4 is 0 Å². The van der Waals surface area contributed by atoms with Crippen LogP contribution in [-0.2, 0) is 37.4 Å². The fraction of sp³-hybridized carbons (Fsp3) is 0.234. The molecule has 4 heterocycles. The second-order valence-corrected chi connectivity index (χ2v) is 15.5. The molecule has 0 saturated heterocycles. The molecule has 0 aliphatic heterocycles. The molecular formula is C47H45IrN5O-2. The number of hydrogen-bond acceptors (Lipinski definition) is 5. The third kappa shape index (κ3) is 8.44. The molecule has 0 atom stereocenters. The van der Waals surface area contributed by atoms with E-state index in [0.717, 1.165) is 80.1 Å². The monoisotopic (exact) mass is 888 g/mol. The average molecular weight is 888 g/mol. The zero-order valence-electron chi connectivity index (χ0n) is 31.9. The third-order valence-electron chi connectivity index (χ3n) is 9.15. The zero-order valence-corrected chi connectivity index (χ0v) is 34.3. The Morgan fingerprint density at radius 1 is 0.722 bits per heavy atom. The Morgan fingerprint density at radius 3 is 2.20 bits per heavy atom. The van der Waals surface area contributed by atoms with E-state index in [1.54, 1.807) is 6.20 Å². The van der Waals surface area contributed by atoms with Crippen LogP contribution in [0.5, 0.6) is 0 Å². The number of nitrogens with zero attached hydrogens (tertiary/aromatic N) is 5. The molecule has 1 radical (unpaired) electrons. The summed E-state index contributed by atoms with van der Waals surface area (Å²) >= 11 is 0. The number of benzene rings is 4. The Kier molecular flexibility index (Phi) is 11.4. The summed E-state index contributed by atoms with van der Waals surface area (Å²) in [7, 11) is 0. The van der Waals surface area contributed by atoms with Gasteiger partial charge >= 0.3 is 0 Å². The van der Waals surface area contributed by atoms with Gasteiger partial charge in [0.05, 0.1) is 23.2 Å². The first-order chi connectivity index (χ1) is 25.5. The first kappa shape index (κ1) is 38.5. The summed E-state index contributed by atoms with van der Waals surface area (Å²) in [4.78, 5) is 14.3. The molecular weight excluding hydrogens is 843 g/mol. The van der Waals surface area contributed by atoms with E-state index in [-0.39, 0.29) is 30.9 Å². The van der Waals surface area contributed by atoms with Crippen molar-refractivity contribution in [1.82, 2.24) is 24.7 Å². The van der Waals surface area contributed by atoms with Crippen LogP contribution in [-0.4, -0.2) is 24.7 Å². The minimum atomic E-state index is -0.146. The minimum absolute atomic E-state index is 0. The van der Waals surface area contributed by atoms with Crippen molar-refractivity contribution in [3.63, 3.8) is 0 Å². The van der Waals surface area contributed by atoms with Crippen LogP contribution in [0.15, 0.2) is 126 Å². The smallest absolute Gasteiger partial charge is 0.134 e. The molecule has 0 aliphatic rings. The van der Waals surface area contributed by atoms with E-state index in [4.69, 9.17) is 14.4 Å². The molecule has 8 rings (SSSR count). The second kappa shape index (κ2) is 16.0. The van der Waals surface area contributed by atoms with Crippen molar-refractivity contribution in [3.8, 4) is 39.3 Å². The molecule has 54 heavy (non-hydrogen) atoms. The summed E-state index contributed by atoms with van der Waals surface area (Å²) < 4.78 is 8.25. The Bertz CT molecular complexity index is 2440. The molecule has 0 unspecified atom stereocenters. The first-order valence-electron chi connectivity index (χ1n) is 18.3. The van der Waals surface area contributed by atoms with E-state index in [9.17, 15) is 0 Å². The molecule has 0 fully saturated rings. The maximum absolute atomic E-state index is 6.38. The fourth-order valence-electron chi connectivity index (χ4n) is 6.19. The van der Waals surface area contributed by atoms with Crippen molar-refractivity contribution in [2.45, 2.75) is 72.1 Å². The van der Waals surface area contributed by atoms with Crippen molar-refractivity contribution in [2.75, 3.05) is 0 Å². The number of hydrogen-bond donors (Lipinski definition) is 0. The Morgan fingerprint density at radius 2 is 1.52 bits per heavy atom. The van der Waals surface area contributed by atoms with Crippen LogP contribution in [0.4, 0.5) is 0 Å². The third-order valence-corrected chi connectivity index (χ3v) is 9.15. The van der Waals surface area contributed by atoms with E-state index in [2.05, 4.69) is 125 Å². The SMILES string of the molecule is CC(C)(C)c1cc(-c2ccc3c(c2)oc2c(-c4ccccn4)[c-]ccc23)nc(C(C)(C)C)n1.CCCc1c[c-]c(-n2cc(-c3ccccc3)cn2)cc1.[Ir]. The number of furan rings is 1. The minimum Gasteiger partial charge on any atom is -0.501 e. The maximum atomic E-state index is 6.38. The molecule has 0 aliphatic carbocycles. The molecule has 0 saturated carbocycles. The summed E-state index contributed by atoms with van der Waals surface area (Å²) in [6.07, 6.45) is 7.99. The number of aromatic nitrogens is 5. The maximum Gasteiger partial charge on any atom is 0.134 e. The quantitative estimate of drug-likeness (QED) is 0.156. The number of rotatable bonds is 6. The van der Waals surface area contributed by atoms with E-state index in [0.29, 0.717) is 0 Å². The molecule has 8 aromatic rings. The van der Waals surface area contributed by atoms with Gasteiger partial charge in [-0.3, -0.25) is 4.68 Å². The van der Waals surface area contributed by atoms with E-state index in [1.165, 1.54) is 11.1 Å². The first-order valence-corrected chi connectivity index (χ1v) is 18.3. The van der Waals surface area contributed by atoms with Gasteiger partial charge in [-0.05, 0) is 35.1 Å². The van der Waals surface area contributed by atoms with Crippen LogP contribution in [0.1, 0.15) is 72.0 Å². The summed E-state index contributed by atoms with van der Waals surface area (Å²) in [5.74, 6) is 0.849.